The SMILES string of the molecule is CCN1CCC(NC[C@@H](C)OC)CC1. The fourth-order valence-electron chi connectivity index (χ4n) is 1.87. The molecule has 1 heterocycles. The summed E-state index contributed by atoms with van der Waals surface area (Å²) in [7, 11) is 1.77. The van der Waals surface area contributed by atoms with Crippen LogP contribution in [0.15, 0.2) is 0 Å². The predicted molar refractivity (Wildman–Crippen MR) is 59.6 cm³/mol. The number of ether oxygens (including phenoxy) is 1. The predicted octanol–water partition coefficient (Wildman–Crippen LogP) is 1.10. The first-order valence-electron chi connectivity index (χ1n) is 5.74. The van der Waals surface area contributed by atoms with Gasteiger partial charge in [0.2, 0.25) is 0 Å². The van der Waals surface area contributed by atoms with Crippen LogP contribution < -0.4 is 5.32 Å². The highest BCUT2D eigenvalue weighted by Crippen LogP contribution is 2.09. The standard InChI is InChI=1S/C11H24N2O/c1-4-13-7-5-11(6-8-13)12-9-10(2)14-3/h10-12H,4-9H2,1-3H3/t10-/m1/s1. The summed E-state index contributed by atoms with van der Waals surface area (Å²) in [6.07, 6.45) is 2.90. The van der Waals surface area contributed by atoms with Crippen molar-refractivity contribution in [3.63, 3.8) is 0 Å². The lowest BCUT2D eigenvalue weighted by molar-refractivity contribution is 0.108. The van der Waals surface area contributed by atoms with Gasteiger partial charge in [-0.3, -0.25) is 0 Å². The first-order chi connectivity index (χ1) is 6.76. The van der Waals surface area contributed by atoms with Crippen molar-refractivity contribution in [2.45, 2.75) is 38.8 Å². The molecule has 14 heavy (non-hydrogen) atoms. The summed E-state index contributed by atoms with van der Waals surface area (Å²) in [5, 5.41) is 3.57. The molecule has 1 atom stereocenters. The molecule has 1 rings (SSSR count). The van der Waals surface area contributed by atoms with E-state index < -0.39 is 0 Å². The first-order valence-corrected chi connectivity index (χ1v) is 5.74. The highest BCUT2D eigenvalue weighted by Gasteiger charge is 2.17. The van der Waals surface area contributed by atoms with E-state index >= 15 is 0 Å². The Labute approximate surface area is 87.8 Å². The van der Waals surface area contributed by atoms with Gasteiger partial charge in [0.1, 0.15) is 0 Å². The van der Waals surface area contributed by atoms with E-state index in [-0.39, 0.29) is 0 Å². The molecule has 1 saturated heterocycles. The van der Waals surface area contributed by atoms with Gasteiger partial charge in [-0.25, -0.2) is 0 Å². The summed E-state index contributed by atoms with van der Waals surface area (Å²) >= 11 is 0. The highest BCUT2D eigenvalue weighted by molar-refractivity contribution is 4.77. The molecule has 0 radical (unpaired) electrons. The Bertz CT molecular complexity index is 144. The lowest BCUT2D eigenvalue weighted by Crippen LogP contribution is -2.44. The highest BCUT2D eigenvalue weighted by atomic mass is 16.5. The summed E-state index contributed by atoms with van der Waals surface area (Å²) in [5.74, 6) is 0. The second-order valence-electron chi connectivity index (χ2n) is 4.16. The molecule has 1 N–H and O–H groups in total. The molecule has 0 bridgehead atoms. The average molecular weight is 200 g/mol. The Morgan fingerprint density at radius 2 is 2.07 bits per heavy atom. The average Bonchev–Trinajstić information content (AvgIpc) is 2.26. The van der Waals surface area contributed by atoms with Gasteiger partial charge < -0.3 is 15.0 Å². The second-order valence-corrected chi connectivity index (χ2v) is 4.16. The quantitative estimate of drug-likeness (QED) is 0.719. The third kappa shape index (κ3) is 3.95. The molecular formula is C11H24N2O. The van der Waals surface area contributed by atoms with Crippen molar-refractivity contribution >= 4 is 0 Å². The van der Waals surface area contributed by atoms with Crippen LogP contribution in [0.4, 0.5) is 0 Å². The third-order valence-corrected chi connectivity index (χ3v) is 3.13. The Morgan fingerprint density at radius 1 is 1.43 bits per heavy atom. The maximum atomic E-state index is 5.21. The number of methoxy groups -OCH3 is 1. The zero-order valence-corrected chi connectivity index (χ0v) is 9.75. The Hall–Kier alpha value is -0.120. The van der Waals surface area contributed by atoms with E-state index in [1.54, 1.807) is 7.11 Å². The van der Waals surface area contributed by atoms with Crippen molar-refractivity contribution in [3.05, 3.63) is 0 Å². The summed E-state index contributed by atoms with van der Waals surface area (Å²) in [6.45, 7) is 9.01. The lowest BCUT2D eigenvalue weighted by Gasteiger charge is -2.32. The van der Waals surface area contributed by atoms with Gasteiger partial charge in [-0.15, -0.1) is 0 Å². The fraction of sp³-hybridized carbons (Fsp3) is 1.00. The van der Waals surface area contributed by atoms with Crippen LogP contribution in [-0.4, -0.2) is 50.3 Å². The van der Waals surface area contributed by atoms with Gasteiger partial charge in [-0.2, -0.15) is 0 Å². The second kappa shape index (κ2) is 6.38. The van der Waals surface area contributed by atoms with Crippen LogP contribution in [0, 0.1) is 0 Å². The molecule has 0 aromatic carbocycles. The molecule has 84 valence electrons. The summed E-state index contributed by atoms with van der Waals surface area (Å²) in [4.78, 5) is 2.51. The molecule has 0 amide bonds. The molecular weight excluding hydrogens is 176 g/mol. The lowest BCUT2D eigenvalue weighted by atomic mass is 10.1. The van der Waals surface area contributed by atoms with Crippen molar-refractivity contribution in [2.24, 2.45) is 0 Å². The van der Waals surface area contributed by atoms with E-state index in [4.69, 9.17) is 4.74 Å². The van der Waals surface area contributed by atoms with Crippen LogP contribution in [0.25, 0.3) is 0 Å². The molecule has 0 unspecified atom stereocenters. The minimum atomic E-state index is 0.333. The van der Waals surface area contributed by atoms with E-state index in [1.165, 1.54) is 32.5 Å². The van der Waals surface area contributed by atoms with Crippen LogP contribution in [0.1, 0.15) is 26.7 Å². The molecule has 1 aliphatic heterocycles. The largest absolute Gasteiger partial charge is 0.380 e. The molecule has 0 spiro atoms. The molecule has 0 aromatic rings. The molecule has 0 aliphatic carbocycles. The van der Waals surface area contributed by atoms with E-state index in [1.807, 2.05) is 0 Å². The topological polar surface area (TPSA) is 24.5 Å². The van der Waals surface area contributed by atoms with Gasteiger partial charge in [0.15, 0.2) is 0 Å². The van der Waals surface area contributed by atoms with E-state index in [0.717, 1.165) is 6.54 Å². The van der Waals surface area contributed by atoms with Gasteiger partial charge in [0.25, 0.3) is 0 Å². The van der Waals surface area contributed by atoms with Crippen molar-refractivity contribution < 1.29 is 4.74 Å². The molecule has 0 saturated carbocycles. The third-order valence-electron chi connectivity index (χ3n) is 3.13. The number of nitrogens with one attached hydrogen (secondary N) is 1. The van der Waals surface area contributed by atoms with E-state index in [0.29, 0.717) is 12.1 Å². The van der Waals surface area contributed by atoms with Crippen LogP contribution in [0.5, 0.6) is 0 Å². The van der Waals surface area contributed by atoms with Gasteiger partial charge >= 0.3 is 0 Å². The smallest absolute Gasteiger partial charge is 0.0667 e. The minimum absolute atomic E-state index is 0.333. The van der Waals surface area contributed by atoms with Gasteiger partial charge in [0, 0.05) is 19.7 Å². The molecule has 3 nitrogen and oxygen atoms in total. The number of hydrogen-bond donors (Lipinski definition) is 1. The van der Waals surface area contributed by atoms with Crippen LogP contribution in [0.3, 0.4) is 0 Å². The number of piperidine rings is 1. The summed E-state index contributed by atoms with van der Waals surface area (Å²) in [5.41, 5.74) is 0. The fourth-order valence-corrected chi connectivity index (χ4v) is 1.87. The molecule has 3 heteroatoms. The zero-order valence-electron chi connectivity index (χ0n) is 9.75. The Morgan fingerprint density at radius 3 is 2.57 bits per heavy atom. The maximum Gasteiger partial charge on any atom is 0.0667 e. The number of hydrogen-bond acceptors (Lipinski definition) is 3. The van der Waals surface area contributed by atoms with Gasteiger partial charge in [0.05, 0.1) is 6.10 Å². The van der Waals surface area contributed by atoms with Crippen molar-refractivity contribution in [1.29, 1.82) is 0 Å². The Kier molecular flexibility index (Phi) is 5.45. The van der Waals surface area contributed by atoms with Crippen molar-refractivity contribution in [3.8, 4) is 0 Å². The number of rotatable bonds is 5. The summed E-state index contributed by atoms with van der Waals surface area (Å²) < 4.78 is 5.21. The number of nitrogens with zero attached hydrogens (tertiary/aromatic N) is 1. The Balaban J connectivity index is 2.10. The molecule has 1 fully saturated rings. The molecule has 1 aliphatic rings. The van der Waals surface area contributed by atoms with Crippen LogP contribution in [-0.2, 0) is 4.74 Å². The summed E-state index contributed by atoms with van der Waals surface area (Å²) in [6, 6.07) is 0.704. The minimum Gasteiger partial charge on any atom is -0.380 e. The van der Waals surface area contributed by atoms with Crippen molar-refractivity contribution in [2.75, 3.05) is 33.3 Å². The van der Waals surface area contributed by atoms with Gasteiger partial charge in [-0.05, 0) is 39.4 Å². The number of likely N-dealkylation sites (tertiary alicyclic amines) is 1. The molecule has 0 aromatic heterocycles. The van der Waals surface area contributed by atoms with Crippen LogP contribution in [0.2, 0.25) is 0 Å². The first kappa shape index (κ1) is 12.0. The van der Waals surface area contributed by atoms with Gasteiger partial charge in [-0.1, -0.05) is 6.92 Å². The van der Waals surface area contributed by atoms with Crippen LogP contribution >= 0.6 is 0 Å². The normalized spacial score (nSPS) is 22.5. The maximum absolute atomic E-state index is 5.21. The monoisotopic (exact) mass is 200 g/mol. The van der Waals surface area contributed by atoms with Crippen molar-refractivity contribution in [1.82, 2.24) is 10.2 Å². The van der Waals surface area contributed by atoms with E-state index in [9.17, 15) is 0 Å². The van der Waals surface area contributed by atoms with E-state index in [2.05, 4.69) is 24.1 Å². The zero-order chi connectivity index (χ0) is 10.4.